The van der Waals surface area contributed by atoms with Gasteiger partial charge in [-0.3, -0.25) is 9.20 Å². The second-order valence-electron chi connectivity index (χ2n) is 6.85. The molecule has 0 spiro atoms. The SMILES string of the molecule is Cc1cc(-c2ccc3nnc(CC4CCOCC4)n3c2)cn(C)c1=O. The van der Waals surface area contributed by atoms with Crippen LogP contribution < -0.4 is 5.56 Å². The normalized spacial score (nSPS) is 15.8. The molecule has 1 aliphatic rings. The van der Waals surface area contributed by atoms with E-state index in [0.717, 1.165) is 60.6 Å². The van der Waals surface area contributed by atoms with Crippen LogP contribution in [0.3, 0.4) is 0 Å². The molecule has 1 saturated heterocycles. The largest absolute Gasteiger partial charge is 0.381 e. The second kappa shape index (κ2) is 6.44. The third kappa shape index (κ3) is 3.09. The topological polar surface area (TPSA) is 61.4 Å². The monoisotopic (exact) mass is 338 g/mol. The van der Waals surface area contributed by atoms with Gasteiger partial charge in [-0.1, -0.05) is 0 Å². The van der Waals surface area contributed by atoms with Gasteiger partial charge in [0.2, 0.25) is 0 Å². The lowest BCUT2D eigenvalue weighted by Gasteiger charge is -2.21. The van der Waals surface area contributed by atoms with Gasteiger partial charge in [0.1, 0.15) is 5.82 Å². The number of ether oxygens (including phenoxy) is 1. The lowest BCUT2D eigenvalue weighted by atomic mass is 9.96. The molecule has 1 aliphatic heterocycles. The minimum Gasteiger partial charge on any atom is -0.381 e. The second-order valence-corrected chi connectivity index (χ2v) is 6.85. The summed E-state index contributed by atoms with van der Waals surface area (Å²) in [5.41, 5.74) is 3.71. The van der Waals surface area contributed by atoms with Gasteiger partial charge in [0.15, 0.2) is 5.65 Å². The van der Waals surface area contributed by atoms with Gasteiger partial charge in [-0.05, 0) is 55.0 Å². The van der Waals surface area contributed by atoms with E-state index >= 15 is 0 Å². The van der Waals surface area contributed by atoms with Crippen molar-refractivity contribution in [1.29, 1.82) is 0 Å². The highest BCUT2D eigenvalue weighted by Crippen LogP contribution is 2.23. The Kier molecular flexibility index (Phi) is 4.13. The summed E-state index contributed by atoms with van der Waals surface area (Å²) in [6.07, 6.45) is 7.02. The minimum absolute atomic E-state index is 0.0364. The first-order valence-corrected chi connectivity index (χ1v) is 8.71. The van der Waals surface area contributed by atoms with Gasteiger partial charge in [-0.25, -0.2) is 0 Å². The summed E-state index contributed by atoms with van der Waals surface area (Å²) < 4.78 is 9.15. The Bertz CT molecular complexity index is 941. The molecule has 6 nitrogen and oxygen atoms in total. The van der Waals surface area contributed by atoms with Crippen molar-refractivity contribution in [3.05, 3.63) is 52.3 Å². The predicted octanol–water partition coefficient (Wildman–Crippen LogP) is 2.37. The van der Waals surface area contributed by atoms with Crippen LogP contribution in [0.5, 0.6) is 0 Å². The smallest absolute Gasteiger partial charge is 0.253 e. The summed E-state index contributed by atoms with van der Waals surface area (Å²) in [6.45, 7) is 3.52. The summed E-state index contributed by atoms with van der Waals surface area (Å²) in [5, 5.41) is 8.69. The van der Waals surface area contributed by atoms with Crippen LogP contribution in [0.25, 0.3) is 16.8 Å². The van der Waals surface area contributed by atoms with Gasteiger partial charge in [-0.2, -0.15) is 0 Å². The Morgan fingerprint density at radius 1 is 1.16 bits per heavy atom. The van der Waals surface area contributed by atoms with Crippen molar-refractivity contribution in [1.82, 2.24) is 19.2 Å². The Morgan fingerprint density at radius 2 is 1.96 bits per heavy atom. The van der Waals surface area contributed by atoms with Crippen LogP contribution in [0.2, 0.25) is 0 Å². The van der Waals surface area contributed by atoms with Crippen LogP contribution in [0.4, 0.5) is 0 Å². The molecule has 25 heavy (non-hydrogen) atoms. The van der Waals surface area contributed by atoms with E-state index in [9.17, 15) is 4.79 Å². The number of aryl methyl sites for hydroxylation is 2. The molecule has 0 N–H and O–H groups in total. The van der Waals surface area contributed by atoms with Crippen molar-refractivity contribution in [3.8, 4) is 11.1 Å². The molecule has 0 bridgehead atoms. The van der Waals surface area contributed by atoms with Crippen molar-refractivity contribution in [3.63, 3.8) is 0 Å². The zero-order chi connectivity index (χ0) is 17.4. The molecule has 0 saturated carbocycles. The minimum atomic E-state index is 0.0364. The number of aromatic nitrogens is 4. The number of fused-ring (bicyclic) bond motifs is 1. The highest BCUT2D eigenvalue weighted by atomic mass is 16.5. The molecule has 3 aromatic rings. The molecule has 0 aliphatic carbocycles. The molecule has 3 aromatic heterocycles. The van der Waals surface area contributed by atoms with E-state index in [0.29, 0.717) is 5.92 Å². The van der Waals surface area contributed by atoms with E-state index in [2.05, 4.69) is 20.8 Å². The third-order valence-electron chi connectivity index (χ3n) is 4.98. The van der Waals surface area contributed by atoms with E-state index < -0.39 is 0 Å². The maximum Gasteiger partial charge on any atom is 0.253 e. The van der Waals surface area contributed by atoms with Crippen LogP contribution >= 0.6 is 0 Å². The van der Waals surface area contributed by atoms with Crippen LogP contribution in [0.15, 0.2) is 35.4 Å². The number of nitrogens with zero attached hydrogens (tertiary/aromatic N) is 4. The van der Waals surface area contributed by atoms with Crippen molar-refractivity contribution in [2.45, 2.75) is 26.2 Å². The van der Waals surface area contributed by atoms with Crippen molar-refractivity contribution >= 4 is 5.65 Å². The first-order chi connectivity index (χ1) is 12.1. The van der Waals surface area contributed by atoms with E-state index in [1.807, 2.05) is 31.3 Å². The Hall–Kier alpha value is -2.47. The van der Waals surface area contributed by atoms with Crippen molar-refractivity contribution in [2.75, 3.05) is 13.2 Å². The summed E-state index contributed by atoms with van der Waals surface area (Å²) in [5.74, 6) is 1.59. The fourth-order valence-corrected chi connectivity index (χ4v) is 3.49. The molecular weight excluding hydrogens is 316 g/mol. The van der Waals surface area contributed by atoms with Gasteiger partial charge in [0.05, 0.1) is 0 Å². The average molecular weight is 338 g/mol. The van der Waals surface area contributed by atoms with Crippen LogP contribution in [-0.2, 0) is 18.2 Å². The summed E-state index contributed by atoms with van der Waals surface area (Å²) in [7, 11) is 1.78. The molecule has 0 atom stereocenters. The molecule has 0 aromatic carbocycles. The molecule has 4 heterocycles. The van der Waals surface area contributed by atoms with E-state index in [1.54, 1.807) is 11.6 Å². The quantitative estimate of drug-likeness (QED) is 0.736. The van der Waals surface area contributed by atoms with Crippen LogP contribution in [-0.4, -0.2) is 32.4 Å². The first kappa shape index (κ1) is 16.0. The average Bonchev–Trinajstić information content (AvgIpc) is 3.02. The summed E-state index contributed by atoms with van der Waals surface area (Å²) >= 11 is 0. The maximum atomic E-state index is 11.9. The highest BCUT2D eigenvalue weighted by Gasteiger charge is 2.17. The zero-order valence-electron chi connectivity index (χ0n) is 14.6. The molecular formula is C19H22N4O2. The summed E-state index contributed by atoms with van der Waals surface area (Å²) in [4.78, 5) is 11.9. The van der Waals surface area contributed by atoms with E-state index in [1.165, 1.54) is 0 Å². The molecule has 4 rings (SSSR count). The maximum absolute atomic E-state index is 11.9. The lowest BCUT2D eigenvalue weighted by molar-refractivity contribution is 0.0659. The Balaban J connectivity index is 1.72. The number of rotatable bonds is 3. The third-order valence-corrected chi connectivity index (χ3v) is 4.98. The Morgan fingerprint density at radius 3 is 2.72 bits per heavy atom. The van der Waals surface area contributed by atoms with Gasteiger partial charge >= 0.3 is 0 Å². The molecule has 0 amide bonds. The molecule has 130 valence electrons. The van der Waals surface area contributed by atoms with E-state index in [-0.39, 0.29) is 5.56 Å². The van der Waals surface area contributed by atoms with Gasteiger partial charge in [-0.15, -0.1) is 10.2 Å². The lowest BCUT2D eigenvalue weighted by Crippen LogP contribution is -2.19. The molecule has 0 radical (unpaired) electrons. The molecule has 1 fully saturated rings. The van der Waals surface area contributed by atoms with Crippen molar-refractivity contribution in [2.24, 2.45) is 13.0 Å². The Labute approximate surface area is 146 Å². The predicted molar refractivity (Wildman–Crippen MR) is 95.6 cm³/mol. The molecule has 6 heteroatoms. The number of hydrogen-bond acceptors (Lipinski definition) is 4. The van der Waals surface area contributed by atoms with Gasteiger partial charge < -0.3 is 9.30 Å². The fourth-order valence-electron chi connectivity index (χ4n) is 3.49. The zero-order valence-corrected chi connectivity index (χ0v) is 14.6. The fraction of sp³-hybridized carbons (Fsp3) is 0.421. The molecule has 0 unspecified atom stereocenters. The number of hydrogen-bond donors (Lipinski definition) is 0. The number of pyridine rings is 2. The first-order valence-electron chi connectivity index (χ1n) is 8.71. The van der Waals surface area contributed by atoms with Crippen molar-refractivity contribution < 1.29 is 4.74 Å². The highest BCUT2D eigenvalue weighted by molar-refractivity contribution is 5.64. The van der Waals surface area contributed by atoms with Gasteiger partial charge in [0.25, 0.3) is 5.56 Å². The summed E-state index contributed by atoms with van der Waals surface area (Å²) in [6, 6.07) is 5.95. The van der Waals surface area contributed by atoms with E-state index in [4.69, 9.17) is 4.74 Å². The van der Waals surface area contributed by atoms with Crippen LogP contribution in [0, 0.1) is 12.8 Å². The van der Waals surface area contributed by atoms with Crippen LogP contribution in [0.1, 0.15) is 24.2 Å². The van der Waals surface area contributed by atoms with Gasteiger partial charge in [0, 0.05) is 44.6 Å². The standard InChI is InChI=1S/C19H22N4O2/c1-13-9-16(11-22(2)19(13)24)15-3-4-17-20-21-18(23(17)12-15)10-14-5-7-25-8-6-14/h3-4,9,11-12,14H,5-8,10H2,1-2H3.